The van der Waals surface area contributed by atoms with Gasteiger partial charge in [0.2, 0.25) is 5.89 Å². The highest BCUT2D eigenvalue weighted by Crippen LogP contribution is 2.25. The zero-order valence-electron chi connectivity index (χ0n) is 14.7. The number of aromatic nitrogens is 1. The molecule has 0 N–H and O–H groups in total. The Morgan fingerprint density at radius 3 is 2.79 bits per heavy atom. The molecule has 5 heteroatoms. The highest BCUT2D eigenvalue weighted by Gasteiger charge is 2.22. The van der Waals surface area contributed by atoms with Crippen LogP contribution in [0.4, 0.5) is 0 Å². The molecule has 1 aliphatic heterocycles. The first-order chi connectivity index (χ1) is 11.7. The molecule has 0 aliphatic carbocycles. The largest absolute Gasteiger partial charge is 0.494 e. The highest BCUT2D eigenvalue weighted by atomic mass is 16.5. The summed E-state index contributed by atoms with van der Waals surface area (Å²) >= 11 is 0. The van der Waals surface area contributed by atoms with E-state index in [1.165, 1.54) is 6.42 Å². The zero-order chi connectivity index (χ0) is 16.9. The van der Waals surface area contributed by atoms with Crippen LogP contribution in [0, 0.1) is 6.92 Å². The van der Waals surface area contributed by atoms with E-state index in [-0.39, 0.29) is 0 Å². The number of rotatable bonds is 6. The van der Waals surface area contributed by atoms with Gasteiger partial charge >= 0.3 is 0 Å². The van der Waals surface area contributed by atoms with Gasteiger partial charge in [-0.3, -0.25) is 4.90 Å². The maximum atomic E-state index is 5.89. The van der Waals surface area contributed by atoms with Gasteiger partial charge in [-0.15, -0.1) is 0 Å². The second-order valence-corrected chi connectivity index (χ2v) is 6.21. The van der Waals surface area contributed by atoms with Crippen LogP contribution in [-0.2, 0) is 11.3 Å². The van der Waals surface area contributed by atoms with Crippen molar-refractivity contribution in [3.63, 3.8) is 0 Å². The molecule has 1 atom stereocenters. The molecule has 0 unspecified atom stereocenters. The van der Waals surface area contributed by atoms with Gasteiger partial charge in [0, 0.05) is 25.8 Å². The lowest BCUT2D eigenvalue weighted by Crippen LogP contribution is -2.38. The molecule has 1 aromatic heterocycles. The zero-order valence-corrected chi connectivity index (χ0v) is 14.7. The van der Waals surface area contributed by atoms with Crippen molar-refractivity contribution in [2.45, 2.75) is 39.3 Å². The van der Waals surface area contributed by atoms with Crippen LogP contribution in [-0.4, -0.2) is 42.8 Å². The monoisotopic (exact) mass is 330 g/mol. The number of benzene rings is 1. The minimum atomic E-state index is 0.330. The summed E-state index contributed by atoms with van der Waals surface area (Å²) in [5.41, 5.74) is 1.98. The second-order valence-electron chi connectivity index (χ2n) is 6.21. The van der Waals surface area contributed by atoms with E-state index in [9.17, 15) is 0 Å². The number of hydrogen-bond donors (Lipinski definition) is 0. The summed E-state index contributed by atoms with van der Waals surface area (Å²) < 4.78 is 16.9. The van der Waals surface area contributed by atoms with Gasteiger partial charge in [0.05, 0.1) is 18.4 Å². The summed E-state index contributed by atoms with van der Waals surface area (Å²) in [4.78, 5) is 7.10. The van der Waals surface area contributed by atoms with E-state index in [1.807, 2.05) is 38.1 Å². The number of piperidine rings is 1. The van der Waals surface area contributed by atoms with Gasteiger partial charge in [-0.1, -0.05) is 0 Å². The van der Waals surface area contributed by atoms with Crippen LogP contribution >= 0.6 is 0 Å². The summed E-state index contributed by atoms with van der Waals surface area (Å²) in [5.74, 6) is 2.42. The summed E-state index contributed by atoms with van der Waals surface area (Å²) in [6, 6.07) is 7.88. The molecule has 24 heavy (non-hydrogen) atoms. The molecule has 0 saturated carbocycles. The Labute approximate surface area is 143 Å². The molecule has 0 bridgehead atoms. The first-order valence-electron chi connectivity index (χ1n) is 8.64. The van der Waals surface area contributed by atoms with E-state index in [4.69, 9.17) is 18.9 Å². The van der Waals surface area contributed by atoms with Gasteiger partial charge in [-0.05, 0) is 57.5 Å². The van der Waals surface area contributed by atoms with Crippen LogP contribution in [0.15, 0.2) is 28.7 Å². The van der Waals surface area contributed by atoms with Crippen LogP contribution in [0.5, 0.6) is 5.75 Å². The maximum absolute atomic E-state index is 5.89. The average Bonchev–Trinajstić information content (AvgIpc) is 2.97. The van der Waals surface area contributed by atoms with Crippen LogP contribution in [0.25, 0.3) is 11.5 Å². The molecule has 1 aliphatic rings. The van der Waals surface area contributed by atoms with Gasteiger partial charge < -0.3 is 13.9 Å². The van der Waals surface area contributed by atoms with Crippen molar-refractivity contribution >= 4 is 0 Å². The Hall–Kier alpha value is -1.85. The van der Waals surface area contributed by atoms with Crippen molar-refractivity contribution in [2.75, 3.05) is 26.8 Å². The Kier molecular flexibility index (Phi) is 5.53. The molecule has 5 nitrogen and oxygen atoms in total. The molecule has 1 aromatic carbocycles. The normalized spacial score (nSPS) is 18.7. The lowest BCUT2D eigenvalue weighted by atomic mass is 10.1. The third-order valence-corrected chi connectivity index (χ3v) is 4.47. The van der Waals surface area contributed by atoms with Crippen molar-refractivity contribution in [3.8, 4) is 17.2 Å². The predicted molar refractivity (Wildman–Crippen MR) is 93.2 cm³/mol. The molecular formula is C19H26N2O3. The third kappa shape index (κ3) is 3.97. The van der Waals surface area contributed by atoms with Gasteiger partial charge in [0.1, 0.15) is 11.5 Å². The SMILES string of the molecule is CCOc1ccc(-c2nc(CN3CCC[C@H](OC)C3)c(C)o2)cc1. The number of aryl methyl sites for hydroxylation is 1. The number of oxazole rings is 1. The fraction of sp³-hybridized carbons (Fsp3) is 0.526. The van der Waals surface area contributed by atoms with E-state index < -0.39 is 0 Å². The predicted octanol–water partition coefficient (Wildman–Crippen LogP) is 3.66. The fourth-order valence-corrected chi connectivity index (χ4v) is 3.12. The van der Waals surface area contributed by atoms with Crippen LogP contribution in [0.1, 0.15) is 31.2 Å². The van der Waals surface area contributed by atoms with Crippen molar-refractivity contribution < 1.29 is 13.9 Å². The number of hydrogen-bond acceptors (Lipinski definition) is 5. The summed E-state index contributed by atoms with van der Waals surface area (Å²) in [5, 5.41) is 0. The molecule has 1 fully saturated rings. The summed E-state index contributed by atoms with van der Waals surface area (Å²) in [6.07, 6.45) is 2.64. The first kappa shape index (κ1) is 17.0. The standard InChI is InChI=1S/C19H26N2O3/c1-4-23-16-9-7-15(8-10-16)19-20-18(14(2)24-19)13-21-11-5-6-17(12-21)22-3/h7-10,17H,4-6,11-13H2,1-3H3/t17-/m0/s1. The van der Waals surface area contributed by atoms with Gasteiger partial charge in [-0.25, -0.2) is 4.98 Å². The molecule has 0 amide bonds. The van der Waals surface area contributed by atoms with Gasteiger partial charge in [0.15, 0.2) is 0 Å². The third-order valence-electron chi connectivity index (χ3n) is 4.47. The number of ether oxygens (including phenoxy) is 2. The van der Waals surface area contributed by atoms with Crippen molar-refractivity contribution in [1.82, 2.24) is 9.88 Å². The Balaban J connectivity index is 1.70. The summed E-state index contributed by atoms with van der Waals surface area (Å²) in [7, 11) is 1.79. The van der Waals surface area contributed by atoms with Gasteiger partial charge in [0.25, 0.3) is 0 Å². The van der Waals surface area contributed by atoms with E-state index in [1.54, 1.807) is 7.11 Å². The Morgan fingerprint density at radius 2 is 2.08 bits per heavy atom. The minimum absolute atomic E-state index is 0.330. The van der Waals surface area contributed by atoms with E-state index >= 15 is 0 Å². The number of methoxy groups -OCH3 is 1. The maximum Gasteiger partial charge on any atom is 0.226 e. The van der Waals surface area contributed by atoms with Crippen LogP contribution in [0.3, 0.4) is 0 Å². The van der Waals surface area contributed by atoms with Crippen molar-refractivity contribution in [2.24, 2.45) is 0 Å². The molecule has 2 heterocycles. The molecule has 3 rings (SSSR count). The summed E-state index contributed by atoms with van der Waals surface area (Å²) in [6.45, 7) is 7.49. The number of nitrogens with zero attached hydrogens (tertiary/aromatic N) is 2. The van der Waals surface area contributed by atoms with E-state index in [0.29, 0.717) is 18.6 Å². The topological polar surface area (TPSA) is 47.7 Å². The first-order valence-corrected chi connectivity index (χ1v) is 8.64. The van der Waals surface area contributed by atoms with E-state index in [2.05, 4.69) is 4.90 Å². The lowest BCUT2D eigenvalue weighted by Gasteiger charge is -2.31. The number of likely N-dealkylation sites (tertiary alicyclic amines) is 1. The quantitative estimate of drug-likeness (QED) is 0.809. The smallest absolute Gasteiger partial charge is 0.226 e. The highest BCUT2D eigenvalue weighted by molar-refractivity contribution is 5.55. The molecule has 2 aromatic rings. The van der Waals surface area contributed by atoms with Crippen LogP contribution in [0.2, 0.25) is 0 Å². The second kappa shape index (κ2) is 7.81. The molecule has 1 saturated heterocycles. The fourth-order valence-electron chi connectivity index (χ4n) is 3.12. The Morgan fingerprint density at radius 1 is 1.29 bits per heavy atom. The molecule has 130 valence electrons. The average molecular weight is 330 g/mol. The molecule has 0 spiro atoms. The van der Waals surface area contributed by atoms with Gasteiger partial charge in [-0.2, -0.15) is 0 Å². The van der Waals surface area contributed by atoms with E-state index in [0.717, 1.165) is 48.8 Å². The lowest BCUT2D eigenvalue weighted by molar-refractivity contribution is 0.0280. The minimum Gasteiger partial charge on any atom is -0.494 e. The molecular weight excluding hydrogens is 304 g/mol. The van der Waals surface area contributed by atoms with Crippen molar-refractivity contribution in [1.29, 1.82) is 0 Å². The van der Waals surface area contributed by atoms with Crippen molar-refractivity contribution in [3.05, 3.63) is 35.7 Å². The molecule has 0 radical (unpaired) electrons. The van der Waals surface area contributed by atoms with Crippen LogP contribution < -0.4 is 4.74 Å². The Bertz CT molecular complexity index is 651.